The fourth-order valence-corrected chi connectivity index (χ4v) is 1.24. The number of hydrogen-bond acceptors (Lipinski definition) is 3. The van der Waals surface area contributed by atoms with Gasteiger partial charge in [0.2, 0.25) is 0 Å². The van der Waals surface area contributed by atoms with Gasteiger partial charge < -0.3 is 10.4 Å². The van der Waals surface area contributed by atoms with Crippen LogP contribution in [0.15, 0.2) is 18.2 Å². The topological polar surface area (TPSA) is 56.0 Å². The van der Waals surface area contributed by atoms with Gasteiger partial charge in [0.25, 0.3) is 0 Å². The van der Waals surface area contributed by atoms with E-state index < -0.39 is 11.9 Å². The Morgan fingerprint density at radius 1 is 1.47 bits per heavy atom. The third kappa shape index (κ3) is 3.72. The predicted molar refractivity (Wildman–Crippen MR) is 65.1 cm³/mol. The van der Waals surface area contributed by atoms with Gasteiger partial charge in [-0.15, -0.1) is 0 Å². The van der Waals surface area contributed by atoms with Gasteiger partial charge in [0, 0.05) is 6.54 Å². The molecule has 4 heteroatoms. The number of rotatable bonds is 3. The summed E-state index contributed by atoms with van der Waals surface area (Å²) in [4.78, 5) is 0. The summed E-state index contributed by atoms with van der Waals surface area (Å²) >= 11 is 0. The van der Waals surface area contributed by atoms with Crippen LogP contribution >= 0.6 is 0 Å². The first-order valence-electron chi connectivity index (χ1n) is 5.46. The fraction of sp³-hybridized carbons (Fsp3) is 0.462. The quantitative estimate of drug-likeness (QED) is 0.847. The van der Waals surface area contributed by atoms with E-state index in [2.05, 4.69) is 5.32 Å². The number of hydrogen-bond donors (Lipinski definition) is 2. The Balaban J connectivity index is 2.68. The van der Waals surface area contributed by atoms with Gasteiger partial charge in [-0.25, -0.2) is 4.39 Å². The lowest BCUT2D eigenvalue weighted by atomic mass is 9.89. The van der Waals surface area contributed by atoms with E-state index in [9.17, 15) is 9.50 Å². The van der Waals surface area contributed by atoms with Crippen molar-refractivity contribution in [3.8, 4) is 6.07 Å². The minimum atomic E-state index is -0.572. The van der Waals surface area contributed by atoms with E-state index in [0.29, 0.717) is 5.69 Å². The molecule has 92 valence electrons. The van der Waals surface area contributed by atoms with Crippen LogP contribution in [0.3, 0.4) is 0 Å². The summed E-state index contributed by atoms with van der Waals surface area (Å²) in [5, 5.41) is 21.2. The number of nitrogens with one attached hydrogen (secondary N) is 1. The Labute approximate surface area is 101 Å². The zero-order chi connectivity index (χ0) is 13.1. The maximum atomic E-state index is 13.5. The Morgan fingerprint density at radius 3 is 2.59 bits per heavy atom. The summed E-state index contributed by atoms with van der Waals surface area (Å²) in [7, 11) is 0. The van der Waals surface area contributed by atoms with Crippen molar-refractivity contribution >= 4 is 5.69 Å². The first-order chi connectivity index (χ1) is 7.84. The van der Waals surface area contributed by atoms with Crippen LogP contribution in [-0.2, 0) is 0 Å². The van der Waals surface area contributed by atoms with Crippen molar-refractivity contribution < 1.29 is 9.50 Å². The maximum Gasteiger partial charge on any atom is 0.147 e. The fourth-order valence-electron chi connectivity index (χ4n) is 1.24. The lowest BCUT2D eigenvalue weighted by Crippen LogP contribution is -2.33. The molecule has 0 saturated heterocycles. The first-order valence-corrected chi connectivity index (χ1v) is 5.46. The lowest BCUT2D eigenvalue weighted by molar-refractivity contribution is 0.0745. The largest absolute Gasteiger partial charge is 0.391 e. The van der Waals surface area contributed by atoms with Crippen molar-refractivity contribution in [2.45, 2.75) is 26.9 Å². The monoisotopic (exact) mass is 236 g/mol. The average molecular weight is 236 g/mol. The highest BCUT2D eigenvalue weighted by Crippen LogP contribution is 2.21. The average Bonchev–Trinajstić information content (AvgIpc) is 2.25. The number of aliphatic hydroxyl groups is 1. The molecule has 0 amide bonds. The van der Waals surface area contributed by atoms with Gasteiger partial charge in [0.1, 0.15) is 5.82 Å². The van der Waals surface area contributed by atoms with E-state index in [1.807, 2.05) is 26.8 Å². The Hall–Kier alpha value is -1.60. The van der Waals surface area contributed by atoms with Crippen LogP contribution in [0.4, 0.5) is 10.1 Å². The normalized spacial score (nSPS) is 12.9. The molecule has 0 radical (unpaired) electrons. The van der Waals surface area contributed by atoms with Gasteiger partial charge in [-0.3, -0.25) is 0 Å². The first kappa shape index (κ1) is 13.5. The van der Waals surface area contributed by atoms with Crippen LogP contribution in [0.25, 0.3) is 0 Å². The molecular formula is C13H17FN2O. The molecule has 0 bridgehead atoms. The zero-order valence-electron chi connectivity index (χ0n) is 10.3. The van der Waals surface area contributed by atoms with Crippen molar-refractivity contribution in [3.05, 3.63) is 29.6 Å². The second-order valence-electron chi connectivity index (χ2n) is 5.07. The van der Waals surface area contributed by atoms with Gasteiger partial charge in [-0.1, -0.05) is 20.8 Å². The molecule has 0 aliphatic carbocycles. The molecule has 1 rings (SSSR count). The Morgan fingerprint density at radius 2 is 2.12 bits per heavy atom. The Kier molecular flexibility index (Phi) is 4.08. The van der Waals surface area contributed by atoms with Gasteiger partial charge in [0.15, 0.2) is 0 Å². The van der Waals surface area contributed by atoms with E-state index in [1.165, 1.54) is 18.2 Å². The third-order valence-electron chi connectivity index (χ3n) is 2.58. The summed E-state index contributed by atoms with van der Waals surface area (Å²) in [6.45, 7) is 6.00. The molecule has 1 aromatic carbocycles. The van der Waals surface area contributed by atoms with Crippen LogP contribution in [0.5, 0.6) is 0 Å². The van der Waals surface area contributed by atoms with Gasteiger partial charge >= 0.3 is 0 Å². The van der Waals surface area contributed by atoms with Crippen molar-refractivity contribution in [2.24, 2.45) is 5.41 Å². The highest BCUT2D eigenvalue weighted by molar-refractivity contribution is 5.48. The molecule has 0 saturated carbocycles. The molecule has 2 N–H and O–H groups in total. The number of benzene rings is 1. The smallest absolute Gasteiger partial charge is 0.147 e. The second kappa shape index (κ2) is 5.15. The molecule has 1 aromatic rings. The van der Waals surface area contributed by atoms with E-state index in [4.69, 9.17) is 5.26 Å². The molecule has 0 unspecified atom stereocenters. The second-order valence-corrected chi connectivity index (χ2v) is 5.07. The number of halogens is 1. The molecule has 17 heavy (non-hydrogen) atoms. The molecule has 0 fully saturated rings. The molecule has 1 atom stereocenters. The minimum Gasteiger partial charge on any atom is -0.391 e. The highest BCUT2D eigenvalue weighted by Gasteiger charge is 2.21. The Bertz CT molecular complexity index is 432. The predicted octanol–water partition coefficient (Wildman–Crippen LogP) is 2.52. The van der Waals surface area contributed by atoms with Crippen molar-refractivity contribution in [1.82, 2.24) is 0 Å². The van der Waals surface area contributed by atoms with Crippen molar-refractivity contribution in [1.29, 1.82) is 5.26 Å². The van der Waals surface area contributed by atoms with Crippen LogP contribution < -0.4 is 5.32 Å². The molecular weight excluding hydrogens is 219 g/mol. The lowest BCUT2D eigenvalue weighted by Gasteiger charge is -2.26. The maximum absolute atomic E-state index is 13.5. The van der Waals surface area contributed by atoms with Gasteiger partial charge in [0.05, 0.1) is 23.4 Å². The standard InChI is InChI=1S/C13H17FN2O/c1-13(2,3)12(17)8-16-11-5-4-9(7-15)6-10(11)14/h4-6,12,16-17H,8H2,1-3H3/t12-/m0/s1. The van der Waals surface area contributed by atoms with Crippen LogP contribution in [0.2, 0.25) is 0 Å². The minimum absolute atomic E-state index is 0.254. The van der Waals surface area contributed by atoms with Gasteiger partial charge in [-0.05, 0) is 23.6 Å². The van der Waals surface area contributed by atoms with Crippen molar-refractivity contribution in [3.63, 3.8) is 0 Å². The number of nitrogens with zero attached hydrogens (tertiary/aromatic N) is 1. The molecule has 0 aliphatic heterocycles. The third-order valence-corrected chi connectivity index (χ3v) is 2.58. The summed E-state index contributed by atoms with van der Waals surface area (Å²) in [6.07, 6.45) is -0.572. The van der Waals surface area contributed by atoms with E-state index in [1.54, 1.807) is 0 Å². The zero-order valence-corrected chi connectivity index (χ0v) is 10.3. The van der Waals surface area contributed by atoms with E-state index in [0.717, 1.165) is 0 Å². The van der Waals surface area contributed by atoms with Crippen LogP contribution in [0, 0.1) is 22.6 Å². The summed E-state index contributed by atoms with van der Waals surface area (Å²) in [6, 6.07) is 6.08. The SMILES string of the molecule is CC(C)(C)[C@@H](O)CNc1ccc(C#N)cc1F. The van der Waals surface area contributed by atoms with E-state index in [-0.39, 0.29) is 17.5 Å². The van der Waals surface area contributed by atoms with Crippen LogP contribution in [-0.4, -0.2) is 17.8 Å². The highest BCUT2D eigenvalue weighted by atomic mass is 19.1. The molecule has 0 spiro atoms. The number of nitriles is 1. The molecule has 3 nitrogen and oxygen atoms in total. The molecule has 0 aromatic heterocycles. The van der Waals surface area contributed by atoms with Crippen LogP contribution in [0.1, 0.15) is 26.3 Å². The summed E-state index contributed by atoms with van der Waals surface area (Å²) in [5.74, 6) is -0.481. The number of aliphatic hydroxyl groups excluding tert-OH is 1. The molecule has 0 heterocycles. The molecule has 0 aliphatic rings. The van der Waals surface area contributed by atoms with Crippen molar-refractivity contribution in [2.75, 3.05) is 11.9 Å². The summed E-state index contributed by atoms with van der Waals surface area (Å²) in [5.41, 5.74) is 0.326. The van der Waals surface area contributed by atoms with E-state index >= 15 is 0 Å². The summed E-state index contributed by atoms with van der Waals surface area (Å²) < 4.78 is 13.5. The van der Waals surface area contributed by atoms with Gasteiger partial charge in [-0.2, -0.15) is 5.26 Å². The number of anilines is 1.